The number of hydrogen-bond acceptors (Lipinski definition) is 4. The zero-order chi connectivity index (χ0) is 20.2. The number of rotatable bonds is 4. The fourth-order valence-electron chi connectivity index (χ4n) is 3.64. The lowest BCUT2D eigenvalue weighted by Crippen LogP contribution is -2.36. The first kappa shape index (κ1) is 18.7. The Morgan fingerprint density at radius 1 is 1.14 bits per heavy atom. The van der Waals surface area contributed by atoms with Crippen molar-refractivity contribution in [1.29, 1.82) is 5.26 Å². The van der Waals surface area contributed by atoms with E-state index in [9.17, 15) is 9.59 Å². The van der Waals surface area contributed by atoms with Crippen molar-refractivity contribution >= 4 is 5.91 Å². The first-order chi connectivity index (χ1) is 14.2. The van der Waals surface area contributed by atoms with Gasteiger partial charge in [0.05, 0.1) is 22.8 Å². The number of pyridine rings is 1. The molecule has 1 fully saturated rings. The van der Waals surface area contributed by atoms with Crippen LogP contribution in [0.4, 0.5) is 0 Å². The van der Waals surface area contributed by atoms with Crippen molar-refractivity contribution in [2.45, 2.75) is 38.1 Å². The molecular weight excluding hydrogens is 366 g/mol. The minimum atomic E-state index is -0.249. The van der Waals surface area contributed by atoms with Gasteiger partial charge in [-0.25, -0.2) is 9.67 Å². The Hall–Kier alpha value is -3.66. The molecule has 0 unspecified atom stereocenters. The highest BCUT2D eigenvalue weighted by atomic mass is 16.2. The Morgan fingerprint density at radius 3 is 2.55 bits per heavy atom. The maximum atomic E-state index is 12.8. The summed E-state index contributed by atoms with van der Waals surface area (Å²) in [5, 5.41) is 14.9. The lowest BCUT2D eigenvalue weighted by atomic mass is 9.95. The Morgan fingerprint density at radius 2 is 1.90 bits per heavy atom. The van der Waals surface area contributed by atoms with Crippen molar-refractivity contribution in [3.05, 3.63) is 70.3 Å². The van der Waals surface area contributed by atoms with Gasteiger partial charge in [0, 0.05) is 18.4 Å². The molecular formula is C22H21N5O2. The van der Waals surface area contributed by atoms with E-state index >= 15 is 0 Å². The number of aromatic nitrogens is 3. The van der Waals surface area contributed by atoms with Crippen LogP contribution in [-0.2, 0) is 0 Å². The summed E-state index contributed by atoms with van der Waals surface area (Å²) >= 11 is 0. The zero-order valence-corrected chi connectivity index (χ0v) is 15.9. The van der Waals surface area contributed by atoms with E-state index in [-0.39, 0.29) is 17.5 Å². The third-order valence-electron chi connectivity index (χ3n) is 5.28. The molecule has 0 spiro atoms. The van der Waals surface area contributed by atoms with Gasteiger partial charge in [-0.05, 0) is 42.7 Å². The third kappa shape index (κ3) is 3.97. The Bertz CT molecular complexity index is 1100. The van der Waals surface area contributed by atoms with Crippen LogP contribution in [-0.4, -0.2) is 26.7 Å². The molecule has 1 saturated carbocycles. The fourth-order valence-corrected chi connectivity index (χ4v) is 3.64. The predicted molar refractivity (Wildman–Crippen MR) is 109 cm³/mol. The van der Waals surface area contributed by atoms with Crippen LogP contribution in [0.2, 0.25) is 0 Å². The number of carbonyl (C=O) groups excluding carboxylic acids is 1. The zero-order valence-electron chi connectivity index (χ0n) is 15.9. The van der Waals surface area contributed by atoms with Crippen LogP contribution in [0, 0.1) is 11.3 Å². The van der Waals surface area contributed by atoms with Crippen LogP contribution in [0.25, 0.3) is 16.9 Å². The number of nitrogens with one attached hydrogen (secondary N) is 2. The quantitative estimate of drug-likeness (QED) is 0.717. The molecule has 2 heterocycles. The first-order valence-corrected chi connectivity index (χ1v) is 9.74. The van der Waals surface area contributed by atoms with Gasteiger partial charge in [-0.3, -0.25) is 14.7 Å². The summed E-state index contributed by atoms with van der Waals surface area (Å²) in [5.74, 6) is 0.275. The minimum Gasteiger partial charge on any atom is -0.349 e. The number of H-pyrrole nitrogens is 1. The molecule has 2 aromatic heterocycles. The fraction of sp³-hybridized carbons (Fsp3) is 0.273. The summed E-state index contributed by atoms with van der Waals surface area (Å²) in [6, 6.07) is 12.4. The molecule has 29 heavy (non-hydrogen) atoms. The smallest absolute Gasteiger partial charge is 0.280 e. The molecule has 1 aromatic carbocycles. The average molecular weight is 387 g/mol. The predicted octanol–water partition coefficient (Wildman–Crippen LogP) is 3.16. The van der Waals surface area contributed by atoms with Gasteiger partial charge in [0.2, 0.25) is 0 Å². The van der Waals surface area contributed by atoms with Crippen LogP contribution < -0.4 is 10.9 Å². The highest BCUT2D eigenvalue weighted by Crippen LogP contribution is 2.18. The van der Waals surface area contributed by atoms with E-state index < -0.39 is 0 Å². The number of amides is 1. The molecule has 3 aromatic rings. The third-order valence-corrected chi connectivity index (χ3v) is 5.28. The lowest BCUT2D eigenvalue weighted by molar-refractivity contribution is 0.0927. The number of hydrogen-bond donors (Lipinski definition) is 2. The van der Waals surface area contributed by atoms with E-state index in [4.69, 9.17) is 5.26 Å². The van der Waals surface area contributed by atoms with Gasteiger partial charge in [0.1, 0.15) is 0 Å². The van der Waals surface area contributed by atoms with Crippen LogP contribution in [0.1, 0.15) is 48.0 Å². The van der Waals surface area contributed by atoms with Gasteiger partial charge in [-0.2, -0.15) is 5.26 Å². The first-order valence-electron chi connectivity index (χ1n) is 9.74. The SMILES string of the molecule is N#Cc1ccc(-c2c[nH]n(-c3ccc(C(=O)NC4CCCCC4)cn3)c2=O)cc1. The van der Waals surface area contributed by atoms with Crippen molar-refractivity contribution in [3.8, 4) is 23.0 Å². The molecule has 7 nitrogen and oxygen atoms in total. The minimum absolute atomic E-state index is 0.131. The molecule has 146 valence electrons. The molecule has 4 rings (SSSR count). The summed E-state index contributed by atoms with van der Waals surface area (Å²) in [6.45, 7) is 0. The van der Waals surface area contributed by atoms with E-state index in [0.29, 0.717) is 28.1 Å². The van der Waals surface area contributed by atoms with Crippen LogP contribution in [0.3, 0.4) is 0 Å². The van der Waals surface area contributed by atoms with E-state index in [1.807, 2.05) is 0 Å². The number of benzene rings is 1. The molecule has 0 bridgehead atoms. The van der Waals surface area contributed by atoms with Crippen molar-refractivity contribution in [2.24, 2.45) is 0 Å². The van der Waals surface area contributed by atoms with Gasteiger partial charge < -0.3 is 5.32 Å². The Kier molecular flexibility index (Phi) is 5.25. The number of carbonyl (C=O) groups is 1. The molecule has 1 amide bonds. The summed E-state index contributed by atoms with van der Waals surface area (Å²) in [4.78, 5) is 29.5. The normalized spacial score (nSPS) is 14.3. The monoisotopic (exact) mass is 387 g/mol. The Balaban J connectivity index is 1.52. The molecule has 2 N–H and O–H groups in total. The van der Waals surface area contributed by atoms with Gasteiger partial charge in [0.15, 0.2) is 5.82 Å². The average Bonchev–Trinajstić information content (AvgIpc) is 3.16. The van der Waals surface area contributed by atoms with Crippen molar-refractivity contribution < 1.29 is 4.79 Å². The van der Waals surface area contributed by atoms with Gasteiger partial charge in [-0.1, -0.05) is 31.4 Å². The summed E-state index contributed by atoms with van der Waals surface area (Å²) in [7, 11) is 0. The summed E-state index contributed by atoms with van der Waals surface area (Å²) in [6.07, 6.45) is 8.68. The standard InChI is InChI=1S/C22H21N5O2/c23-12-15-6-8-16(9-7-15)19-14-25-27(22(19)29)20-11-10-17(13-24-20)21(28)26-18-4-2-1-3-5-18/h6-11,13-14,18,25H,1-5H2,(H,26,28). The highest BCUT2D eigenvalue weighted by molar-refractivity contribution is 5.94. The van der Waals surface area contributed by atoms with E-state index in [1.165, 1.54) is 17.3 Å². The lowest BCUT2D eigenvalue weighted by Gasteiger charge is -2.22. The molecule has 0 atom stereocenters. The van der Waals surface area contributed by atoms with Gasteiger partial charge >= 0.3 is 0 Å². The maximum Gasteiger partial charge on any atom is 0.280 e. The van der Waals surface area contributed by atoms with Crippen LogP contribution >= 0.6 is 0 Å². The number of aromatic amines is 1. The molecule has 7 heteroatoms. The number of nitriles is 1. The van der Waals surface area contributed by atoms with Crippen LogP contribution in [0.5, 0.6) is 0 Å². The second-order valence-electron chi connectivity index (χ2n) is 7.23. The molecule has 0 radical (unpaired) electrons. The van der Waals surface area contributed by atoms with Crippen molar-refractivity contribution in [2.75, 3.05) is 0 Å². The second kappa shape index (κ2) is 8.15. The van der Waals surface area contributed by atoms with Crippen molar-refractivity contribution in [3.63, 3.8) is 0 Å². The number of nitrogens with zero attached hydrogens (tertiary/aromatic N) is 3. The molecule has 0 aliphatic heterocycles. The summed E-state index contributed by atoms with van der Waals surface area (Å²) < 4.78 is 1.33. The van der Waals surface area contributed by atoms with E-state index in [0.717, 1.165) is 25.7 Å². The maximum absolute atomic E-state index is 12.8. The van der Waals surface area contributed by atoms with Crippen molar-refractivity contribution in [1.82, 2.24) is 20.1 Å². The van der Waals surface area contributed by atoms with Gasteiger partial charge in [-0.15, -0.1) is 0 Å². The molecule has 1 aliphatic rings. The van der Waals surface area contributed by atoms with E-state index in [1.54, 1.807) is 42.6 Å². The van der Waals surface area contributed by atoms with E-state index in [2.05, 4.69) is 21.5 Å². The molecule has 0 saturated heterocycles. The highest BCUT2D eigenvalue weighted by Gasteiger charge is 2.17. The Labute approximate surface area is 168 Å². The summed E-state index contributed by atoms with van der Waals surface area (Å²) in [5.41, 5.74) is 1.96. The molecule has 1 aliphatic carbocycles. The second-order valence-corrected chi connectivity index (χ2v) is 7.23. The van der Waals surface area contributed by atoms with Gasteiger partial charge in [0.25, 0.3) is 11.5 Å². The largest absolute Gasteiger partial charge is 0.349 e. The van der Waals surface area contributed by atoms with Crippen LogP contribution in [0.15, 0.2) is 53.6 Å². The topological polar surface area (TPSA) is 104 Å².